The summed E-state index contributed by atoms with van der Waals surface area (Å²) in [5.41, 5.74) is 4.96. The predicted molar refractivity (Wildman–Crippen MR) is 89.5 cm³/mol. The first kappa shape index (κ1) is 15.7. The van der Waals surface area contributed by atoms with Crippen LogP contribution in [0.3, 0.4) is 0 Å². The Kier molecular flexibility index (Phi) is 5.40. The van der Waals surface area contributed by atoms with Gasteiger partial charge in [0.25, 0.3) is 0 Å². The molecule has 0 radical (unpaired) electrons. The van der Waals surface area contributed by atoms with Crippen molar-refractivity contribution in [1.82, 2.24) is 10.6 Å². The van der Waals surface area contributed by atoms with E-state index in [0.717, 1.165) is 24.2 Å². The molecule has 0 spiro atoms. The second-order valence-corrected chi connectivity index (χ2v) is 5.77. The van der Waals surface area contributed by atoms with Crippen molar-refractivity contribution < 1.29 is 9.53 Å². The van der Waals surface area contributed by atoms with E-state index in [2.05, 4.69) is 28.8 Å². The van der Waals surface area contributed by atoms with E-state index in [9.17, 15) is 4.79 Å². The van der Waals surface area contributed by atoms with Crippen molar-refractivity contribution in [3.8, 4) is 0 Å². The zero-order valence-electron chi connectivity index (χ0n) is 13.2. The highest BCUT2D eigenvalue weighted by atomic mass is 16.5. The number of nitrogens with one attached hydrogen (secondary N) is 2. The molecule has 2 N–H and O–H groups in total. The quantitative estimate of drug-likeness (QED) is 0.773. The summed E-state index contributed by atoms with van der Waals surface area (Å²) >= 11 is 0. The first-order chi connectivity index (χ1) is 11.3. The van der Waals surface area contributed by atoms with E-state index in [-0.39, 0.29) is 5.91 Å². The number of carbonyl (C=O) groups excluding carboxylic acids is 1. The Hall–Kier alpha value is -2.17. The minimum atomic E-state index is 0.0247. The van der Waals surface area contributed by atoms with Gasteiger partial charge in [-0.05, 0) is 22.3 Å². The Labute approximate surface area is 136 Å². The largest absolute Gasteiger partial charge is 0.376 e. The highest BCUT2D eigenvalue weighted by Crippen LogP contribution is 2.16. The number of benzene rings is 2. The van der Waals surface area contributed by atoms with Crippen LogP contribution in [0.4, 0.5) is 0 Å². The van der Waals surface area contributed by atoms with E-state index >= 15 is 0 Å². The predicted octanol–water partition coefficient (Wildman–Crippen LogP) is 2.51. The Morgan fingerprint density at radius 3 is 2.74 bits per heavy atom. The number of ether oxygens (including phenoxy) is 1. The highest BCUT2D eigenvalue weighted by molar-refractivity contribution is 5.75. The smallest absolute Gasteiger partial charge is 0.222 e. The van der Waals surface area contributed by atoms with Gasteiger partial charge in [0.05, 0.1) is 13.2 Å². The van der Waals surface area contributed by atoms with Crippen LogP contribution in [-0.2, 0) is 35.8 Å². The normalized spacial score (nSPS) is 12.9. The number of hydrogen-bond acceptors (Lipinski definition) is 3. The summed E-state index contributed by atoms with van der Waals surface area (Å²) in [6, 6.07) is 16.4. The molecule has 2 aromatic rings. The molecule has 23 heavy (non-hydrogen) atoms. The molecule has 0 saturated heterocycles. The lowest BCUT2D eigenvalue weighted by Gasteiger charge is -2.08. The van der Waals surface area contributed by atoms with Crippen LogP contribution in [0.5, 0.6) is 0 Å². The summed E-state index contributed by atoms with van der Waals surface area (Å²) in [6.45, 7) is 3.43. The highest BCUT2D eigenvalue weighted by Gasteiger charge is 2.10. The maximum absolute atomic E-state index is 11.9. The molecular formula is C19H22N2O2. The first-order valence-electron chi connectivity index (χ1n) is 8.01. The molecule has 0 unspecified atom stereocenters. The third-order valence-electron chi connectivity index (χ3n) is 3.98. The Morgan fingerprint density at radius 2 is 1.87 bits per heavy atom. The number of amides is 1. The van der Waals surface area contributed by atoms with Crippen LogP contribution in [0.15, 0.2) is 48.5 Å². The van der Waals surface area contributed by atoms with Crippen molar-refractivity contribution in [2.24, 2.45) is 0 Å². The van der Waals surface area contributed by atoms with Gasteiger partial charge < -0.3 is 15.4 Å². The van der Waals surface area contributed by atoms with Crippen LogP contribution >= 0.6 is 0 Å². The molecule has 120 valence electrons. The van der Waals surface area contributed by atoms with Crippen LogP contribution < -0.4 is 10.6 Å². The van der Waals surface area contributed by atoms with Crippen molar-refractivity contribution in [3.05, 3.63) is 70.8 Å². The van der Waals surface area contributed by atoms with E-state index in [4.69, 9.17) is 4.74 Å². The molecule has 0 fully saturated rings. The van der Waals surface area contributed by atoms with Crippen molar-refractivity contribution in [2.75, 3.05) is 6.61 Å². The fourth-order valence-electron chi connectivity index (χ4n) is 2.68. The molecule has 0 atom stereocenters. The van der Waals surface area contributed by atoms with Crippen LogP contribution in [0.1, 0.15) is 28.7 Å². The minimum Gasteiger partial charge on any atom is -0.376 e. The van der Waals surface area contributed by atoms with Gasteiger partial charge in [-0.15, -0.1) is 0 Å². The maximum Gasteiger partial charge on any atom is 0.222 e. The van der Waals surface area contributed by atoms with Gasteiger partial charge in [-0.3, -0.25) is 4.79 Å². The van der Waals surface area contributed by atoms with Crippen LogP contribution in [0.2, 0.25) is 0 Å². The molecule has 1 aliphatic rings. The van der Waals surface area contributed by atoms with Gasteiger partial charge in [-0.1, -0.05) is 48.5 Å². The van der Waals surface area contributed by atoms with Crippen LogP contribution in [0.25, 0.3) is 0 Å². The first-order valence-corrected chi connectivity index (χ1v) is 8.01. The Bertz CT molecular complexity index is 656. The molecule has 1 amide bonds. The number of fused-ring (bicyclic) bond motifs is 1. The van der Waals surface area contributed by atoms with Gasteiger partial charge in [0.2, 0.25) is 5.91 Å². The SMILES string of the molecule is O=C(CCOCc1ccccc1)NCc1ccc2c(c1)CNC2. The summed E-state index contributed by atoms with van der Waals surface area (Å²) in [4.78, 5) is 11.9. The molecule has 1 heterocycles. The van der Waals surface area contributed by atoms with Crippen molar-refractivity contribution >= 4 is 5.91 Å². The average Bonchev–Trinajstić information content (AvgIpc) is 3.05. The summed E-state index contributed by atoms with van der Waals surface area (Å²) in [5.74, 6) is 0.0247. The summed E-state index contributed by atoms with van der Waals surface area (Å²) < 4.78 is 5.53. The zero-order chi connectivity index (χ0) is 15.9. The lowest BCUT2D eigenvalue weighted by molar-refractivity contribution is -0.122. The van der Waals surface area contributed by atoms with Gasteiger partial charge in [-0.25, -0.2) is 0 Å². The van der Waals surface area contributed by atoms with Gasteiger partial charge in [0, 0.05) is 26.1 Å². The van der Waals surface area contributed by atoms with Crippen LogP contribution in [0, 0.1) is 0 Å². The monoisotopic (exact) mass is 310 g/mol. The van der Waals surface area contributed by atoms with Crippen molar-refractivity contribution in [3.63, 3.8) is 0 Å². The fraction of sp³-hybridized carbons (Fsp3) is 0.316. The van der Waals surface area contributed by atoms with Gasteiger partial charge in [0.15, 0.2) is 0 Å². The van der Waals surface area contributed by atoms with E-state index in [1.54, 1.807) is 0 Å². The molecule has 4 heteroatoms. The summed E-state index contributed by atoms with van der Waals surface area (Å²) in [7, 11) is 0. The second-order valence-electron chi connectivity index (χ2n) is 5.77. The minimum absolute atomic E-state index is 0.0247. The third kappa shape index (κ3) is 4.65. The molecule has 0 aromatic heterocycles. The molecular weight excluding hydrogens is 288 g/mol. The van der Waals surface area contributed by atoms with E-state index < -0.39 is 0 Å². The summed E-state index contributed by atoms with van der Waals surface area (Å²) in [5, 5.41) is 6.27. The van der Waals surface area contributed by atoms with Crippen LogP contribution in [-0.4, -0.2) is 12.5 Å². The van der Waals surface area contributed by atoms with Crippen molar-refractivity contribution in [1.29, 1.82) is 0 Å². The molecule has 1 aliphatic heterocycles. The van der Waals surface area contributed by atoms with E-state index in [1.165, 1.54) is 11.1 Å². The fourth-order valence-corrected chi connectivity index (χ4v) is 2.68. The zero-order valence-corrected chi connectivity index (χ0v) is 13.2. The average molecular weight is 310 g/mol. The second kappa shape index (κ2) is 7.90. The Balaban J connectivity index is 1.35. The van der Waals surface area contributed by atoms with Gasteiger partial charge >= 0.3 is 0 Å². The molecule has 2 aromatic carbocycles. The Morgan fingerprint density at radius 1 is 1.04 bits per heavy atom. The number of rotatable bonds is 7. The third-order valence-corrected chi connectivity index (χ3v) is 3.98. The number of hydrogen-bond donors (Lipinski definition) is 2. The molecule has 4 nitrogen and oxygen atoms in total. The van der Waals surface area contributed by atoms with Crippen molar-refractivity contribution in [2.45, 2.75) is 32.7 Å². The lowest BCUT2D eigenvalue weighted by Crippen LogP contribution is -2.24. The number of carbonyl (C=O) groups is 1. The molecule has 0 saturated carbocycles. The topological polar surface area (TPSA) is 50.4 Å². The van der Waals surface area contributed by atoms with Gasteiger partial charge in [0.1, 0.15) is 0 Å². The van der Waals surface area contributed by atoms with E-state index in [1.807, 2.05) is 30.3 Å². The maximum atomic E-state index is 11.9. The van der Waals surface area contributed by atoms with Gasteiger partial charge in [-0.2, -0.15) is 0 Å². The standard InChI is InChI=1S/C19H22N2O2/c22-19(8-9-23-14-15-4-2-1-3-5-15)21-11-16-6-7-17-12-20-13-18(17)10-16/h1-7,10,20H,8-9,11-14H2,(H,21,22). The molecule has 0 aliphatic carbocycles. The molecule has 0 bridgehead atoms. The summed E-state index contributed by atoms with van der Waals surface area (Å²) in [6.07, 6.45) is 0.388. The molecule has 3 rings (SSSR count). The lowest BCUT2D eigenvalue weighted by atomic mass is 10.1. The van der Waals surface area contributed by atoms with E-state index in [0.29, 0.717) is 26.2 Å².